The van der Waals surface area contributed by atoms with Crippen molar-refractivity contribution in [3.8, 4) is 5.75 Å². The molecule has 3 aromatic rings. The largest absolute Gasteiger partial charge is 0.493 e. The highest BCUT2D eigenvalue weighted by Crippen LogP contribution is 2.41. The number of hydrogen-bond donors (Lipinski definition) is 2. The van der Waals surface area contributed by atoms with Crippen LogP contribution < -0.4 is 15.0 Å². The van der Waals surface area contributed by atoms with Crippen LogP contribution in [-0.4, -0.2) is 56.9 Å². The van der Waals surface area contributed by atoms with Gasteiger partial charge >= 0.3 is 5.97 Å². The molecule has 1 aromatic carbocycles. The van der Waals surface area contributed by atoms with Crippen LogP contribution in [0.1, 0.15) is 93.2 Å². The maximum atomic E-state index is 14.0. The topological polar surface area (TPSA) is 118 Å². The van der Waals surface area contributed by atoms with Gasteiger partial charge in [0.05, 0.1) is 17.8 Å². The highest BCUT2D eigenvalue weighted by molar-refractivity contribution is 5.93. The van der Waals surface area contributed by atoms with E-state index in [1.807, 2.05) is 20.8 Å². The first-order valence-electron chi connectivity index (χ1n) is 14.6. The van der Waals surface area contributed by atoms with E-state index in [-0.39, 0.29) is 17.7 Å². The first-order chi connectivity index (χ1) is 19.8. The molecule has 3 aliphatic heterocycles. The number of ether oxygens (including phenoxy) is 2. The van der Waals surface area contributed by atoms with Gasteiger partial charge < -0.3 is 24.8 Å². The van der Waals surface area contributed by atoms with Gasteiger partial charge in [-0.1, -0.05) is 13.0 Å². The number of amides is 1. The molecule has 0 radical (unpaired) electrons. The Morgan fingerprint density at radius 1 is 1.19 bits per heavy atom. The molecule has 3 aliphatic rings. The van der Waals surface area contributed by atoms with Crippen molar-refractivity contribution in [3.63, 3.8) is 0 Å². The van der Waals surface area contributed by atoms with Gasteiger partial charge in [0.15, 0.2) is 17.4 Å². The van der Waals surface area contributed by atoms with Crippen molar-refractivity contribution < 1.29 is 28.6 Å². The van der Waals surface area contributed by atoms with E-state index in [0.717, 1.165) is 32.1 Å². The normalized spacial score (nSPS) is 18.6. The number of carbonyl (C=O) groups is 2. The average Bonchev–Trinajstić information content (AvgIpc) is 3.33. The van der Waals surface area contributed by atoms with Gasteiger partial charge in [-0.3, -0.25) is 4.79 Å². The standard InChI is InChI=1S/C31H40FN5O5/c1-19-25(26(29(39)40)42-30(2,3)4)28-36-13-11-31(5,12-14-36)10-6-7-15-41-23-16-21(32)9-8-20(23)18-33-27(38)22-17-24(34-19)37(28)35-22/h8-9,16-17,26H,6-7,10-15,18H2,1-5H3,(H,33,38)(H,39,40)/t26-/m0/s1. The number of fused-ring (bicyclic) bond motifs is 8. The van der Waals surface area contributed by atoms with Gasteiger partial charge in [-0.2, -0.15) is 9.61 Å². The van der Waals surface area contributed by atoms with Crippen LogP contribution in [0, 0.1) is 18.2 Å². The molecule has 5 heterocycles. The van der Waals surface area contributed by atoms with Gasteiger partial charge in [0.1, 0.15) is 17.4 Å². The Hall–Kier alpha value is -3.73. The van der Waals surface area contributed by atoms with Crippen molar-refractivity contribution in [1.29, 1.82) is 0 Å². The highest BCUT2D eigenvalue weighted by atomic mass is 19.1. The average molecular weight is 582 g/mol. The zero-order valence-corrected chi connectivity index (χ0v) is 25.0. The number of nitrogens with one attached hydrogen (secondary N) is 1. The van der Waals surface area contributed by atoms with E-state index >= 15 is 0 Å². The second-order valence-corrected chi connectivity index (χ2v) is 12.7. The lowest BCUT2D eigenvalue weighted by Crippen LogP contribution is -2.41. The van der Waals surface area contributed by atoms with Crippen LogP contribution in [0.25, 0.3) is 5.65 Å². The van der Waals surface area contributed by atoms with Gasteiger partial charge in [-0.25, -0.2) is 14.2 Å². The lowest BCUT2D eigenvalue weighted by atomic mass is 9.76. The highest BCUT2D eigenvalue weighted by Gasteiger charge is 2.37. The molecule has 6 rings (SSSR count). The minimum Gasteiger partial charge on any atom is -0.493 e. The molecule has 1 atom stereocenters. The molecule has 4 bridgehead atoms. The number of nitrogens with zero attached hydrogens (tertiary/aromatic N) is 4. The van der Waals surface area contributed by atoms with E-state index in [4.69, 9.17) is 9.47 Å². The fourth-order valence-corrected chi connectivity index (χ4v) is 5.84. The molecule has 0 spiro atoms. The SMILES string of the molecule is Cc1nc2cc3nn2c(c1[C@H](OC(C)(C)C)C(=O)O)N1CCC(C)(CCCCOc2cc(F)ccc2CNC3=O)CC1. The Morgan fingerprint density at radius 3 is 2.62 bits per heavy atom. The van der Waals surface area contributed by atoms with Crippen LogP contribution in [0.4, 0.5) is 10.2 Å². The Labute approximate surface area is 245 Å². The third-order valence-electron chi connectivity index (χ3n) is 8.17. The molecule has 11 heteroatoms. The summed E-state index contributed by atoms with van der Waals surface area (Å²) in [6.07, 6.45) is 3.33. The molecular weight excluding hydrogens is 541 g/mol. The van der Waals surface area contributed by atoms with E-state index in [1.54, 1.807) is 23.6 Å². The van der Waals surface area contributed by atoms with E-state index in [2.05, 4.69) is 27.2 Å². The Kier molecular flexibility index (Phi) is 8.15. The maximum Gasteiger partial charge on any atom is 0.337 e. The summed E-state index contributed by atoms with van der Waals surface area (Å²) in [6, 6.07) is 5.90. The predicted octanol–water partition coefficient (Wildman–Crippen LogP) is 5.22. The summed E-state index contributed by atoms with van der Waals surface area (Å²) in [6.45, 7) is 11.5. The summed E-state index contributed by atoms with van der Waals surface area (Å²) in [4.78, 5) is 32.7. The van der Waals surface area contributed by atoms with Gasteiger partial charge in [-0.05, 0) is 71.3 Å². The summed E-state index contributed by atoms with van der Waals surface area (Å²) < 4.78 is 27.6. The molecule has 0 aliphatic carbocycles. The number of rotatable bonds is 3. The second kappa shape index (κ2) is 11.5. The third-order valence-corrected chi connectivity index (χ3v) is 8.17. The summed E-state index contributed by atoms with van der Waals surface area (Å²) in [5.41, 5.74) is 1.55. The lowest BCUT2D eigenvalue weighted by Gasteiger charge is -2.41. The molecular formula is C31H40FN5O5. The Morgan fingerprint density at radius 2 is 1.93 bits per heavy atom. The Bertz CT molecular complexity index is 1490. The molecule has 10 nitrogen and oxygen atoms in total. The summed E-state index contributed by atoms with van der Waals surface area (Å²) in [7, 11) is 0. The van der Waals surface area contributed by atoms with Crippen molar-refractivity contribution in [2.45, 2.75) is 85.0 Å². The number of piperidine rings is 1. The van der Waals surface area contributed by atoms with Crippen LogP contribution in [0.5, 0.6) is 5.75 Å². The van der Waals surface area contributed by atoms with Crippen LogP contribution in [0.2, 0.25) is 0 Å². The Balaban J connectivity index is 1.62. The zero-order chi connectivity index (χ0) is 30.2. The molecule has 1 amide bonds. The van der Waals surface area contributed by atoms with E-state index < -0.39 is 29.4 Å². The quantitative estimate of drug-likeness (QED) is 0.433. The number of benzene rings is 1. The summed E-state index contributed by atoms with van der Waals surface area (Å²) in [5.74, 6) is -0.954. The van der Waals surface area contributed by atoms with E-state index in [0.29, 0.717) is 53.7 Å². The zero-order valence-electron chi connectivity index (χ0n) is 25.0. The third kappa shape index (κ3) is 6.35. The number of aliphatic carboxylic acids is 1. The monoisotopic (exact) mass is 581 g/mol. The molecule has 42 heavy (non-hydrogen) atoms. The van der Waals surface area contributed by atoms with Gasteiger partial charge in [0.2, 0.25) is 0 Å². The lowest BCUT2D eigenvalue weighted by molar-refractivity contribution is -0.160. The van der Waals surface area contributed by atoms with Gasteiger partial charge in [-0.15, -0.1) is 0 Å². The number of aryl methyl sites for hydroxylation is 1. The maximum absolute atomic E-state index is 14.0. The summed E-state index contributed by atoms with van der Waals surface area (Å²) in [5, 5.41) is 17.8. The fourth-order valence-electron chi connectivity index (χ4n) is 5.84. The number of halogens is 1. The van der Waals surface area contributed by atoms with E-state index in [9.17, 15) is 19.1 Å². The molecule has 0 unspecified atom stereocenters. The van der Waals surface area contributed by atoms with Crippen LogP contribution in [0.3, 0.4) is 0 Å². The van der Waals surface area contributed by atoms with Crippen molar-refractivity contribution in [3.05, 3.63) is 52.6 Å². The van der Waals surface area contributed by atoms with Crippen molar-refractivity contribution >= 4 is 23.3 Å². The first-order valence-corrected chi connectivity index (χ1v) is 14.6. The second-order valence-electron chi connectivity index (χ2n) is 12.7. The number of aromatic nitrogens is 3. The number of carboxylic acid groups (broad SMARTS) is 1. The van der Waals surface area contributed by atoms with Crippen LogP contribution in [-0.2, 0) is 16.1 Å². The van der Waals surface area contributed by atoms with Crippen molar-refractivity contribution in [2.24, 2.45) is 5.41 Å². The van der Waals surface area contributed by atoms with Crippen LogP contribution in [0.15, 0.2) is 24.3 Å². The van der Waals surface area contributed by atoms with Gasteiger partial charge in [0.25, 0.3) is 5.91 Å². The van der Waals surface area contributed by atoms with Crippen molar-refractivity contribution in [2.75, 3.05) is 24.6 Å². The summed E-state index contributed by atoms with van der Waals surface area (Å²) >= 11 is 0. The van der Waals surface area contributed by atoms with Gasteiger partial charge in [0, 0.05) is 43.0 Å². The minimum atomic E-state index is -1.28. The molecule has 226 valence electrons. The first kappa shape index (κ1) is 29.8. The number of anilines is 1. The number of carbonyl (C=O) groups excluding carboxylic acids is 1. The van der Waals surface area contributed by atoms with Crippen LogP contribution >= 0.6 is 0 Å². The molecule has 0 saturated carbocycles. The molecule has 1 saturated heterocycles. The number of carboxylic acids is 1. The molecule has 2 N–H and O–H groups in total. The van der Waals surface area contributed by atoms with Crippen molar-refractivity contribution in [1.82, 2.24) is 19.9 Å². The minimum absolute atomic E-state index is 0.108. The number of hydrogen-bond acceptors (Lipinski definition) is 7. The van der Waals surface area contributed by atoms with E-state index in [1.165, 1.54) is 12.1 Å². The predicted molar refractivity (Wildman–Crippen MR) is 155 cm³/mol. The molecule has 2 aromatic heterocycles. The fraction of sp³-hybridized carbons (Fsp3) is 0.548. The smallest absolute Gasteiger partial charge is 0.337 e. The molecule has 1 fully saturated rings.